The Morgan fingerprint density at radius 3 is 1.43 bits per heavy atom. The first-order chi connectivity index (χ1) is 3.19. The van der Waals surface area contributed by atoms with Gasteiger partial charge >= 0.3 is 0 Å². The third-order valence-electron chi connectivity index (χ3n) is 3.54. The Labute approximate surface area is 44.9 Å². The molecule has 2 fully saturated rings. The largest absolute Gasteiger partial charge is 0.0617 e. The van der Waals surface area contributed by atoms with Gasteiger partial charge in [-0.05, 0) is 23.2 Å². The molecule has 0 aromatic rings. The van der Waals surface area contributed by atoms with E-state index in [2.05, 4.69) is 20.8 Å². The second-order valence-electron chi connectivity index (χ2n) is 3.47. The lowest BCUT2D eigenvalue weighted by molar-refractivity contribution is 0.447. The number of hydrogen-bond donors (Lipinski definition) is 0. The Bertz CT molecular complexity index is 105. The summed E-state index contributed by atoms with van der Waals surface area (Å²) in [5, 5.41) is 0. The van der Waals surface area contributed by atoms with Crippen LogP contribution in [0.5, 0.6) is 0 Å². The van der Waals surface area contributed by atoms with Crippen molar-refractivity contribution < 1.29 is 0 Å². The molecule has 2 aliphatic rings. The van der Waals surface area contributed by atoms with Crippen molar-refractivity contribution in [2.45, 2.75) is 20.8 Å². The third-order valence-corrected chi connectivity index (χ3v) is 3.54. The van der Waals surface area contributed by atoms with Crippen LogP contribution in [0, 0.1) is 23.2 Å². The van der Waals surface area contributed by atoms with Crippen molar-refractivity contribution in [3.8, 4) is 0 Å². The van der Waals surface area contributed by atoms with Gasteiger partial charge in [0.25, 0.3) is 0 Å². The van der Waals surface area contributed by atoms with Crippen molar-refractivity contribution in [2.75, 3.05) is 0 Å². The number of hydrogen-bond acceptors (Lipinski definition) is 0. The van der Waals surface area contributed by atoms with E-state index in [-0.39, 0.29) is 0 Å². The van der Waals surface area contributed by atoms with Gasteiger partial charge in [0.05, 0.1) is 0 Å². The average molecular weight is 96.2 g/mol. The molecule has 40 valence electrons. The van der Waals surface area contributed by atoms with E-state index >= 15 is 0 Å². The Hall–Kier alpha value is 0. The second kappa shape index (κ2) is 0.667. The topological polar surface area (TPSA) is 0 Å². The maximum atomic E-state index is 2.41. The minimum atomic E-state index is 0.833. The molecule has 0 bridgehead atoms. The van der Waals surface area contributed by atoms with Gasteiger partial charge in [-0.25, -0.2) is 0 Å². The minimum Gasteiger partial charge on any atom is -0.0617 e. The van der Waals surface area contributed by atoms with Crippen LogP contribution in [0.15, 0.2) is 0 Å². The first-order valence-electron chi connectivity index (χ1n) is 3.19. The average Bonchev–Trinajstić information content (AvgIpc) is 2.31. The molecule has 0 nitrogen and oxygen atoms in total. The SMILES string of the molecule is CC1C2C(C)C12C. The van der Waals surface area contributed by atoms with Gasteiger partial charge in [0, 0.05) is 0 Å². The highest BCUT2D eigenvalue weighted by Gasteiger charge is 2.78. The summed E-state index contributed by atoms with van der Waals surface area (Å²) in [5.74, 6) is 3.28. The van der Waals surface area contributed by atoms with Crippen molar-refractivity contribution in [2.24, 2.45) is 23.2 Å². The number of rotatable bonds is 0. The fraction of sp³-hybridized carbons (Fsp3) is 1.00. The summed E-state index contributed by atoms with van der Waals surface area (Å²) >= 11 is 0. The van der Waals surface area contributed by atoms with Crippen LogP contribution in [-0.4, -0.2) is 0 Å². The monoisotopic (exact) mass is 96.1 g/mol. The molecular weight excluding hydrogens is 84.1 g/mol. The van der Waals surface area contributed by atoms with E-state index in [1.165, 1.54) is 0 Å². The smallest absolute Gasteiger partial charge is 0.0235 e. The zero-order valence-corrected chi connectivity index (χ0v) is 5.23. The molecule has 0 N–H and O–H groups in total. The highest BCUT2D eigenvalue weighted by Crippen LogP contribution is 2.83. The van der Waals surface area contributed by atoms with E-state index in [4.69, 9.17) is 0 Å². The molecule has 0 amide bonds. The van der Waals surface area contributed by atoms with Crippen LogP contribution < -0.4 is 0 Å². The zero-order chi connectivity index (χ0) is 5.23. The molecule has 2 saturated carbocycles. The molecule has 2 aliphatic carbocycles. The Kier molecular flexibility index (Phi) is 0.375. The van der Waals surface area contributed by atoms with Crippen LogP contribution in [0.4, 0.5) is 0 Å². The van der Waals surface area contributed by atoms with Crippen LogP contribution in [0.1, 0.15) is 20.8 Å². The highest BCUT2D eigenvalue weighted by molar-refractivity contribution is 5.25. The fourth-order valence-corrected chi connectivity index (χ4v) is 2.32. The molecule has 0 radical (unpaired) electrons. The molecular formula is C7H12. The number of fused-ring (bicyclic) bond motifs is 1. The zero-order valence-electron chi connectivity index (χ0n) is 5.23. The van der Waals surface area contributed by atoms with E-state index in [0.717, 1.165) is 23.2 Å². The quantitative estimate of drug-likeness (QED) is 0.432. The summed E-state index contributed by atoms with van der Waals surface area (Å²) in [6, 6.07) is 0. The van der Waals surface area contributed by atoms with Crippen molar-refractivity contribution >= 4 is 0 Å². The second-order valence-corrected chi connectivity index (χ2v) is 3.47. The molecule has 0 aliphatic heterocycles. The minimum absolute atomic E-state index is 0.833. The highest BCUT2D eigenvalue weighted by atomic mass is 14.8. The van der Waals surface area contributed by atoms with Crippen molar-refractivity contribution in [3.05, 3.63) is 0 Å². The summed E-state index contributed by atoms with van der Waals surface area (Å²) in [7, 11) is 0. The van der Waals surface area contributed by atoms with Gasteiger partial charge in [-0.2, -0.15) is 0 Å². The van der Waals surface area contributed by atoms with Crippen LogP contribution in [0.2, 0.25) is 0 Å². The predicted octanol–water partition coefficient (Wildman–Crippen LogP) is 1.91. The lowest BCUT2D eigenvalue weighted by Crippen LogP contribution is -1.97. The van der Waals surface area contributed by atoms with Crippen molar-refractivity contribution in [1.29, 1.82) is 0 Å². The summed E-state index contributed by atoms with van der Waals surface area (Å²) in [5.41, 5.74) is 0.833. The van der Waals surface area contributed by atoms with E-state index in [9.17, 15) is 0 Å². The molecule has 0 spiro atoms. The third kappa shape index (κ3) is 0.198. The maximum Gasteiger partial charge on any atom is -0.0235 e. The van der Waals surface area contributed by atoms with E-state index in [1.807, 2.05) is 0 Å². The van der Waals surface area contributed by atoms with Crippen LogP contribution in [0.25, 0.3) is 0 Å². The van der Waals surface area contributed by atoms with E-state index in [1.54, 1.807) is 0 Å². The Balaban J connectivity index is 2.17. The van der Waals surface area contributed by atoms with Crippen LogP contribution in [0.3, 0.4) is 0 Å². The van der Waals surface area contributed by atoms with Crippen molar-refractivity contribution in [1.82, 2.24) is 0 Å². The van der Waals surface area contributed by atoms with Crippen LogP contribution in [-0.2, 0) is 0 Å². The molecule has 2 rings (SSSR count). The molecule has 0 heterocycles. The summed E-state index contributed by atoms with van der Waals surface area (Å²) < 4.78 is 0. The van der Waals surface area contributed by atoms with Gasteiger partial charge in [0.2, 0.25) is 0 Å². The first kappa shape index (κ1) is 3.94. The van der Waals surface area contributed by atoms with Gasteiger partial charge < -0.3 is 0 Å². The van der Waals surface area contributed by atoms with Crippen LogP contribution >= 0.6 is 0 Å². The normalized spacial score (nSPS) is 75.0. The standard InChI is InChI=1S/C7H12/c1-4-6-5(2)7(4,6)3/h4-6H,1-3H3. The van der Waals surface area contributed by atoms with Gasteiger partial charge in [0.15, 0.2) is 0 Å². The molecule has 0 aromatic carbocycles. The Morgan fingerprint density at radius 2 is 1.43 bits per heavy atom. The fourth-order valence-electron chi connectivity index (χ4n) is 2.32. The van der Waals surface area contributed by atoms with E-state index in [0.29, 0.717) is 0 Å². The molecule has 0 aromatic heterocycles. The molecule has 7 heavy (non-hydrogen) atoms. The molecule has 2 unspecified atom stereocenters. The van der Waals surface area contributed by atoms with Gasteiger partial charge in [-0.1, -0.05) is 20.8 Å². The molecule has 0 saturated heterocycles. The van der Waals surface area contributed by atoms with Gasteiger partial charge in [0.1, 0.15) is 0 Å². The first-order valence-corrected chi connectivity index (χ1v) is 3.19. The van der Waals surface area contributed by atoms with Gasteiger partial charge in [-0.15, -0.1) is 0 Å². The lowest BCUT2D eigenvalue weighted by Gasteiger charge is -2.04. The Morgan fingerprint density at radius 1 is 1.14 bits per heavy atom. The molecule has 0 heteroatoms. The lowest BCUT2D eigenvalue weighted by atomic mass is 10.0. The van der Waals surface area contributed by atoms with Gasteiger partial charge in [-0.3, -0.25) is 0 Å². The summed E-state index contributed by atoms with van der Waals surface area (Å²) in [6.45, 7) is 7.14. The predicted molar refractivity (Wildman–Crippen MR) is 29.9 cm³/mol. The van der Waals surface area contributed by atoms with E-state index < -0.39 is 0 Å². The summed E-state index contributed by atoms with van der Waals surface area (Å²) in [4.78, 5) is 0. The van der Waals surface area contributed by atoms with Crippen molar-refractivity contribution in [3.63, 3.8) is 0 Å². The summed E-state index contributed by atoms with van der Waals surface area (Å²) in [6.07, 6.45) is 0. The maximum absolute atomic E-state index is 2.41. The molecule has 2 atom stereocenters.